The Kier molecular flexibility index (Phi) is 3.16. The third-order valence-corrected chi connectivity index (χ3v) is 3.11. The van der Waals surface area contributed by atoms with Crippen LogP contribution in [0, 0.1) is 13.8 Å². The second-order valence-electron chi connectivity index (χ2n) is 4.37. The van der Waals surface area contributed by atoms with Gasteiger partial charge in [0.25, 0.3) is 0 Å². The second kappa shape index (κ2) is 4.60. The van der Waals surface area contributed by atoms with Gasteiger partial charge in [0, 0.05) is 5.69 Å². The van der Waals surface area contributed by atoms with Crippen molar-refractivity contribution in [2.24, 2.45) is 0 Å². The van der Waals surface area contributed by atoms with Crippen molar-refractivity contribution in [3.05, 3.63) is 64.7 Å². The molecular weight excluding hydrogens is 210 g/mol. The minimum absolute atomic E-state index is 0.612. The lowest BCUT2D eigenvalue weighted by atomic mass is 9.96. The van der Waals surface area contributed by atoms with E-state index in [-0.39, 0.29) is 0 Å². The van der Waals surface area contributed by atoms with Gasteiger partial charge in [0.15, 0.2) is 0 Å². The Labute approximate surface area is 102 Å². The molecule has 1 unspecified atom stereocenters. The molecular formula is C15H17NO. The zero-order valence-corrected chi connectivity index (χ0v) is 10.1. The summed E-state index contributed by atoms with van der Waals surface area (Å²) in [5.74, 6) is 0. The van der Waals surface area contributed by atoms with E-state index in [4.69, 9.17) is 5.73 Å². The molecule has 0 aliphatic rings. The quantitative estimate of drug-likeness (QED) is 0.775. The molecule has 3 N–H and O–H groups in total. The second-order valence-corrected chi connectivity index (χ2v) is 4.37. The number of nitrogens with two attached hydrogens (primary N) is 1. The number of hydrogen-bond acceptors (Lipinski definition) is 2. The average Bonchev–Trinajstić information content (AvgIpc) is 2.33. The standard InChI is InChI=1S/C15H17NO/c1-10-6-8-12(9-7-10)15(17)13-4-3-5-14(16)11(13)2/h3-9,15,17H,16H2,1-2H3. The Morgan fingerprint density at radius 2 is 1.65 bits per heavy atom. The number of hydrogen-bond donors (Lipinski definition) is 2. The third kappa shape index (κ3) is 2.32. The number of aliphatic hydroxyl groups excluding tert-OH is 1. The van der Waals surface area contributed by atoms with Crippen molar-refractivity contribution in [1.29, 1.82) is 0 Å². The van der Waals surface area contributed by atoms with Gasteiger partial charge >= 0.3 is 0 Å². The lowest BCUT2D eigenvalue weighted by molar-refractivity contribution is 0.219. The Bertz CT molecular complexity index is 517. The minimum Gasteiger partial charge on any atom is -0.399 e. The molecule has 0 fully saturated rings. The van der Waals surface area contributed by atoms with Crippen LogP contribution >= 0.6 is 0 Å². The summed E-state index contributed by atoms with van der Waals surface area (Å²) < 4.78 is 0. The molecule has 0 radical (unpaired) electrons. The summed E-state index contributed by atoms with van der Waals surface area (Å²) in [6.07, 6.45) is -0.612. The highest BCUT2D eigenvalue weighted by Gasteiger charge is 2.13. The van der Waals surface area contributed by atoms with Gasteiger partial charge in [-0.25, -0.2) is 0 Å². The molecule has 1 atom stereocenters. The number of rotatable bonds is 2. The summed E-state index contributed by atoms with van der Waals surface area (Å²) in [5, 5.41) is 10.3. The van der Waals surface area contributed by atoms with Gasteiger partial charge in [-0.15, -0.1) is 0 Å². The van der Waals surface area contributed by atoms with E-state index in [9.17, 15) is 5.11 Å². The van der Waals surface area contributed by atoms with Crippen LogP contribution in [0.1, 0.15) is 28.4 Å². The van der Waals surface area contributed by atoms with Gasteiger partial charge in [0.05, 0.1) is 0 Å². The molecule has 2 heteroatoms. The van der Waals surface area contributed by atoms with Gasteiger partial charge in [0.1, 0.15) is 6.10 Å². The lowest BCUT2D eigenvalue weighted by Crippen LogP contribution is -2.04. The summed E-state index contributed by atoms with van der Waals surface area (Å²) in [6.45, 7) is 3.96. The van der Waals surface area contributed by atoms with Crippen LogP contribution in [0.15, 0.2) is 42.5 Å². The van der Waals surface area contributed by atoms with Crippen molar-refractivity contribution in [1.82, 2.24) is 0 Å². The highest BCUT2D eigenvalue weighted by Crippen LogP contribution is 2.27. The third-order valence-electron chi connectivity index (χ3n) is 3.11. The molecule has 0 bridgehead atoms. The maximum Gasteiger partial charge on any atom is 0.104 e. The van der Waals surface area contributed by atoms with Crippen molar-refractivity contribution >= 4 is 5.69 Å². The van der Waals surface area contributed by atoms with Crippen molar-refractivity contribution in [2.75, 3.05) is 5.73 Å². The van der Waals surface area contributed by atoms with Crippen molar-refractivity contribution in [2.45, 2.75) is 20.0 Å². The molecule has 2 nitrogen and oxygen atoms in total. The zero-order chi connectivity index (χ0) is 12.4. The first-order valence-electron chi connectivity index (χ1n) is 5.69. The first kappa shape index (κ1) is 11.7. The highest BCUT2D eigenvalue weighted by molar-refractivity contribution is 5.52. The van der Waals surface area contributed by atoms with Gasteiger partial charge in [-0.3, -0.25) is 0 Å². The molecule has 2 aromatic rings. The molecule has 0 aromatic heterocycles. The van der Waals surface area contributed by atoms with E-state index in [1.54, 1.807) is 0 Å². The monoisotopic (exact) mass is 227 g/mol. The largest absolute Gasteiger partial charge is 0.399 e. The molecule has 88 valence electrons. The van der Waals surface area contributed by atoms with E-state index < -0.39 is 6.10 Å². The molecule has 0 aliphatic heterocycles. The van der Waals surface area contributed by atoms with Crippen LogP contribution < -0.4 is 5.73 Å². The number of benzene rings is 2. The number of anilines is 1. The summed E-state index contributed by atoms with van der Waals surface area (Å²) >= 11 is 0. The van der Waals surface area contributed by atoms with Gasteiger partial charge in [-0.1, -0.05) is 42.0 Å². The average molecular weight is 227 g/mol. The van der Waals surface area contributed by atoms with Crippen molar-refractivity contribution in [3.63, 3.8) is 0 Å². The molecule has 2 rings (SSSR count). The first-order valence-corrected chi connectivity index (χ1v) is 5.69. The van der Waals surface area contributed by atoms with Crippen LogP contribution in [0.5, 0.6) is 0 Å². The van der Waals surface area contributed by atoms with E-state index in [1.165, 1.54) is 5.56 Å². The molecule has 2 aromatic carbocycles. The van der Waals surface area contributed by atoms with Gasteiger partial charge in [-0.2, -0.15) is 0 Å². The Morgan fingerprint density at radius 1 is 1.00 bits per heavy atom. The fourth-order valence-electron chi connectivity index (χ4n) is 1.90. The fourth-order valence-corrected chi connectivity index (χ4v) is 1.90. The smallest absolute Gasteiger partial charge is 0.104 e. The molecule has 0 heterocycles. The molecule has 0 saturated carbocycles. The zero-order valence-electron chi connectivity index (χ0n) is 10.1. The Balaban J connectivity index is 2.40. The van der Waals surface area contributed by atoms with E-state index in [0.717, 1.165) is 16.7 Å². The van der Waals surface area contributed by atoms with Crippen LogP contribution in [-0.4, -0.2) is 5.11 Å². The normalized spacial score (nSPS) is 12.4. The van der Waals surface area contributed by atoms with Crippen LogP contribution in [0.4, 0.5) is 5.69 Å². The summed E-state index contributed by atoms with van der Waals surface area (Å²) in [6, 6.07) is 13.5. The molecule has 17 heavy (non-hydrogen) atoms. The Hall–Kier alpha value is -1.80. The number of aryl methyl sites for hydroxylation is 1. The predicted octanol–water partition coefficient (Wildman–Crippen LogP) is 2.97. The maximum atomic E-state index is 10.3. The molecule has 0 spiro atoms. The number of nitrogen functional groups attached to an aromatic ring is 1. The van der Waals surface area contributed by atoms with Gasteiger partial charge < -0.3 is 10.8 Å². The lowest BCUT2D eigenvalue weighted by Gasteiger charge is -2.15. The van der Waals surface area contributed by atoms with Crippen LogP contribution in [0.25, 0.3) is 0 Å². The maximum absolute atomic E-state index is 10.3. The van der Waals surface area contributed by atoms with E-state index >= 15 is 0 Å². The summed E-state index contributed by atoms with van der Waals surface area (Å²) in [7, 11) is 0. The SMILES string of the molecule is Cc1ccc(C(O)c2cccc(N)c2C)cc1. The van der Waals surface area contributed by atoms with Crippen LogP contribution in [0.3, 0.4) is 0 Å². The van der Waals surface area contributed by atoms with E-state index in [1.807, 2.05) is 56.3 Å². The van der Waals surface area contributed by atoms with Crippen LogP contribution in [-0.2, 0) is 0 Å². The topological polar surface area (TPSA) is 46.2 Å². The first-order chi connectivity index (χ1) is 8.09. The Morgan fingerprint density at radius 3 is 2.29 bits per heavy atom. The molecule has 0 amide bonds. The molecule has 0 aliphatic carbocycles. The molecule has 0 saturated heterocycles. The highest BCUT2D eigenvalue weighted by atomic mass is 16.3. The minimum atomic E-state index is -0.612. The van der Waals surface area contributed by atoms with Crippen molar-refractivity contribution in [3.8, 4) is 0 Å². The van der Waals surface area contributed by atoms with Gasteiger partial charge in [0.2, 0.25) is 0 Å². The van der Waals surface area contributed by atoms with Crippen molar-refractivity contribution < 1.29 is 5.11 Å². The predicted molar refractivity (Wildman–Crippen MR) is 70.8 cm³/mol. The fraction of sp³-hybridized carbons (Fsp3) is 0.200. The summed E-state index contributed by atoms with van der Waals surface area (Å²) in [5.41, 5.74) is 10.5. The van der Waals surface area contributed by atoms with E-state index in [0.29, 0.717) is 5.69 Å². The van der Waals surface area contributed by atoms with Crippen LogP contribution in [0.2, 0.25) is 0 Å². The van der Waals surface area contributed by atoms with Gasteiger partial charge in [-0.05, 0) is 36.6 Å². The van der Waals surface area contributed by atoms with E-state index in [2.05, 4.69) is 0 Å². The summed E-state index contributed by atoms with van der Waals surface area (Å²) in [4.78, 5) is 0. The number of aliphatic hydroxyl groups is 1.